The highest BCUT2D eigenvalue weighted by atomic mass is 32.2. The first-order chi connectivity index (χ1) is 14.5. The van der Waals surface area contributed by atoms with Gasteiger partial charge in [0.2, 0.25) is 15.2 Å². The van der Waals surface area contributed by atoms with E-state index in [0.29, 0.717) is 18.2 Å². The molecule has 2 aromatic carbocycles. The van der Waals surface area contributed by atoms with Crippen molar-refractivity contribution in [1.29, 1.82) is 0 Å². The van der Waals surface area contributed by atoms with Crippen LogP contribution >= 0.6 is 11.3 Å². The minimum absolute atomic E-state index is 0.285. The molecule has 158 valence electrons. The lowest BCUT2D eigenvalue weighted by molar-refractivity contribution is 0.415. The van der Waals surface area contributed by atoms with Crippen molar-refractivity contribution in [2.24, 2.45) is 5.10 Å². The monoisotopic (exact) mass is 444 g/mol. The number of ether oxygens (including phenoxy) is 1. The molecule has 0 saturated heterocycles. The topological polar surface area (TPSA) is 83.9 Å². The van der Waals surface area contributed by atoms with Crippen LogP contribution in [0.2, 0.25) is 0 Å². The quantitative estimate of drug-likeness (QED) is 0.393. The molecule has 0 bridgehead atoms. The van der Waals surface area contributed by atoms with Crippen LogP contribution in [-0.4, -0.2) is 44.1 Å². The Morgan fingerprint density at radius 2 is 1.77 bits per heavy atom. The lowest BCUT2D eigenvalue weighted by Crippen LogP contribution is -2.30. The van der Waals surface area contributed by atoms with Crippen molar-refractivity contribution in [3.8, 4) is 17.0 Å². The SMILES string of the molecule is CCN(CC)S(=O)(=O)c1ccc(-c2csc(N/N=C\c3ccc(OC)cc3)n2)cc1. The summed E-state index contributed by atoms with van der Waals surface area (Å²) in [6.45, 7) is 4.55. The Balaban J connectivity index is 1.67. The standard InChI is InChI=1S/C21H24N4O3S2/c1-4-25(5-2)30(26,27)19-12-8-17(9-13-19)20-15-29-21(23-20)24-22-14-16-6-10-18(28-3)11-7-16/h6-15H,4-5H2,1-3H3,(H,23,24)/b22-14-. The highest BCUT2D eigenvalue weighted by Crippen LogP contribution is 2.26. The summed E-state index contributed by atoms with van der Waals surface area (Å²) in [5.41, 5.74) is 5.46. The molecular weight excluding hydrogens is 420 g/mol. The molecule has 1 aromatic heterocycles. The number of sulfonamides is 1. The number of thiazole rings is 1. The number of hydrogen-bond donors (Lipinski definition) is 1. The molecule has 0 aliphatic carbocycles. The first-order valence-electron chi connectivity index (χ1n) is 9.47. The highest BCUT2D eigenvalue weighted by molar-refractivity contribution is 7.89. The van der Waals surface area contributed by atoms with Gasteiger partial charge in [0.1, 0.15) is 5.75 Å². The first kappa shape index (κ1) is 21.9. The largest absolute Gasteiger partial charge is 0.497 e. The van der Waals surface area contributed by atoms with Crippen molar-refractivity contribution in [1.82, 2.24) is 9.29 Å². The fraction of sp³-hybridized carbons (Fsp3) is 0.238. The third-order valence-electron chi connectivity index (χ3n) is 4.49. The number of hydrazone groups is 1. The Morgan fingerprint density at radius 3 is 2.37 bits per heavy atom. The van der Waals surface area contributed by atoms with E-state index in [4.69, 9.17) is 4.74 Å². The summed E-state index contributed by atoms with van der Waals surface area (Å²) >= 11 is 1.43. The normalized spacial score (nSPS) is 11.9. The smallest absolute Gasteiger partial charge is 0.243 e. The van der Waals surface area contributed by atoms with E-state index in [2.05, 4.69) is 15.5 Å². The predicted octanol–water partition coefficient (Wildman–Crippen LogP) is 4.30. The predicted molar refractivity (Wildman–Crippen MR) is 122 cm³/mol. The summed E-state index contributed by atoms with van der Waals surface area (Å²) < 4.78 is 31.8. The van der Waals surface area contributed by atoms with Gasteiger partial charge in [-0.15, -0.1) is 11.3 Å². The Hall–Kier alpha value is -2.75. The second-order valence-electron chi connectivity index (χ2n) is 6.29. The minimum Gasteiger partial charge on any atom is -0.497 e. The van der Waals surface area contributed by atoms with Gasteiger partial charge in [-0.2, -0.15) is 9.41 Å². The van der Waals surface area contributed by atoms with Crippen molar-refractivity contribution in [2.75, 3.05) is 25.6 Å². The van der Waals surface area contributed by atoms with Crippen LogP contribution in [0.4, 0.5) is 5.13 Å². The molecule has 3 rings (SSSR count). The minimum atomic E-state index is -3.46. The van der Waals surface area contributed by atoms with Gasteiger partial charge < -0.3 is 4.74 Å². The third kappa shape index (κ3) is 5.05. The summed E-state index contributed by atoms with van der Waals surface area (Å²) in [6.07, 6.45) is 1.70. The highest BCUT2D eigenvalue weighted by Gasteiger charge is 2.21. The van der Waals surface area contributed by atoms with Crippen LogP contribution in [0.5, 0.6) is 5.75 Å². The molecule has 0 aliphatic rings. The van der Waals surface area contributed by atoms with Gasteiger partial charge in [0.15, 0.2) is 0 Å². The van der Waals surface area contributed by atoms with Crippen LogP contribution in [0.25, 0.3) is 11.3 Å². The van der Waals surface area contributed by atoms with E-state index in [1.807, 2.05) is 43.5 Å². The third-order valence-corrected chi connectivity index (χ3v) is 7.30. The van der Waals surface area contributed by atoms with Crippen LogP contribution < -0.4 is 10.2 Å². The molecular formula is C21H24N4O3S2. The molecule has 3 aromatic rings. The summed E-state index contributed by atoms with van der Waals surface area (Å²) in [5.74, 6) is 0.792. The van der Waals surface area contributed by atoms with Crippen molar-refractivity contribution >= 4 is 32.7 Å². The van der Waals surface area contributed by atoms with Gasteiger partial charge in [-0.05, 0) is 42.0 Å². The number of rotatable bonds is 9. The van der Waals surface area contributed by atoms with Crippen LogP contribution in [-0.2, 0) is 10.0 Å². The summed E-state index contributed by atoms with van der Waals surface area (Å²) in [4.78, 5) is 4.80. The summed E-state index contributed by atoms with van der Waals surface area (Å²) in [5, 5.41) is 6.76. The number of methoxy groups -OCH3 is 1. The van der Waals surface area contributed by atoms with Crippen molar-refractivity contribution in [3.63, 3.8) is 0 Å². The second kappa shape index (κ2) is 9.84. The van der Waals surface area contributed by atoms with Gasteiger partial charge in [-0.1, -0.05) is 26.0 Å². The van der Waals surface area contributed by atoms with E-state index < -0.39 is 10.0 Å². The number of nitrogens with zero attached hydrogens (tertiary/aromatic N) is 3. The van der Waals surface area contributed by atoms with E-state index >= 15 is 0 Å². The summed E-state index contributed by atoms with van der Waals surface area (Å²) in [6, 6.07) is 14.3. The fourth-order valence-electron chi connectivity index (χ4n) is 2.82. The van der Waals surface area contributed by atoms with Crippen LogP contribution in [0.3, 0.4) is 0 Å². The Kier molecular flexibility index (Phi) is 7.20. The Morgan fingerprint density at radius 1 is 1.10 bits per heavy atom. The van der Waals surface area contributed by atoms with Gasteiger partial charge >= 0.3 is 0 Å². The lowest BCUT2D eigenvalue weighted by Gasteiger charge is -2.18. The molecule has 1 N–H and O–H groups in total. The van der Waals surface area contributed by atoms with Crippen LogP contribution in [0.15, 0.2) is 63.9 Å². The maximum atomic E-state index is 12.6. The summed E-state index contributed by atoms with van der Waals surface area (Å²) in [7, 11) is -1.83. The second-order valence-corrected chi connectivity index (χ2v) is 9.09. The van der Waals surface area contributed by atoms with Gasteiger partial charge in [-0.3, -0.25) is 5.43 Å². The molecule has 30 heavy (non-hydrogen) atoms. The molecule has 1 heterocycles. The lowest BCUT2D eigenvalue weighted by atomic mass is 10.2. The maximum absolute atomic E-state index is 12.6. The van der Waals surface area contributed by atoms with Gasteiger partial charge in [0, 0.05) is 24.0 Å². The Labute approximate surface area is 181 Å². The molecule has 0 radical (unpaired) electrons. The van der Waals surface area contributed by atoms with Gasteiger partial charge in [0.05, 0.1) is 23.9 Å². The van der Waals surface area contributed by atoms with E-state index in [-0.39, 0.29) is 4.90 Å². The molecule has 7 nitrogen and oxygen atoms in total. The zero-order chi connectivity index (χ0) is 21.6. The first-order valence-corrected chi connectivity index (χ1v) is 11.8. The van der Waals surface area contributed by atoms with Gasteiger partial charge in [-0.25, -0.2) is 13.4 Å². The Bertz CT molecular complexity index is 1090. The van der Waals surface area contributed by atoms with Gasteiger partial charge in [0.25, 0.3) is 0 Å². The molecule has 0 spiro atoms. The van der Waals surface area contributed by atoms with Crippen molar-refractivity contribution < 1.29 is 13.2 Å². The molecule has 0 saturated carbocycles. The maximum Gasteiger partial charge on any atom is 0.243 e. The van der Waals surface area contributed by atoms with Crippen LogP contribution in [0, 0.1) is 0 Å². The zero-order valence-electron chi connectivity index (χ0n) is 17.1. The average Bonchev–Trinajstić information content (AvgIpc) is 3.24. The number of aromatic nitrogens is 1. The molecule has 0 atom stereocenters. The van der Waals surface area contributed by atoms with E-state index in [9.17, 15) is 8.42 Å². The van der Waals surface area contributed by atoms with Crippen LogP contribution in [0.1, 0.15) is 19.4 Å². The molecule has 0 unspecified atom stereocenters. The number of hydrogen-bond acceptors (Lipinski definition) is 7. The zero-order valence-corrected chi connectivity index (χ0v) is 18.7. The van der Waals surface area contributed by atoms with E-state index in [1.165, 1.54) is 15.6 Å². The average molecular weight is 445 g/mol. The number of anilines is 1. The molecule has 9 heteroatoms. The van der Waals surface area contributed by atoms with Crippen molar-refractivity contribution in [2.45, 2.75) is 18.7 Å². The van der Waals surface area contributed by atoms with Crippen molar-refractivity contribution in [3.05, 3.63) is 59.5 Å². The molecule has 0 fully saturated rings. The van der Waals surface area contributed by atoms with E-state index in [1.54, 1.807) is 37.6 Å². The molecule has 0 aliphatic heterocycles. The van der Waals surface area contributed by atoms with E-state index in [0.717, 1.165) is 22.6 Å². The number of nitrogens with one attached hydrogen (secondary N) is 1. The number of benzene rings is 2. The molecule has 0 amide bonds. The fourth-order valence-corrected chi connectivity index (χ4v) is 4.95.